The van der Waals surface area contributed by atoms with Crippen LogP contribution in [-0.4, -0.2) is 5.91 Å². The molecule has 0 atom stereocenters. The second-order valence-electron chi connectivity index (χ2n) is 5.19. The number of nitrogens with one attached hydrogen (secondary N) is 1. The first kappa shape index (κ1) is 15.3. The van der Waals surface area contributed by atoms with Crippen molar-refractivity contribution in [3.8, 4) is 6.07 Å². The standard InChI is InChI=1S/C15H16BrClN2O/c16-11-5-6-13(12(17)9-11)19-14(20)15(10-18)7-3-1-2-4-8-15/h5-6,9H,1-4,7-8H2,(H,19,20). The van der Waals surface area contributed by atoms with E-state index in [2.05, 4.69) is 27.3 Å². The fourth-order valence-corrected chi connectivity index (χ4v) is 3.28. The van der Waals surface area contributed by atoms with Gasteiger partial charge in [0.2, 0.25) is 5.91 Å². The number of nitrogens with zero attached hydrogens (tertiary/aromatic N) is 1. The van der Waals surface area contributed by atoms with E-state index in [4.69, 9.17) is 11.6 Å². The predicted molar refractivity (Wildman–Crippen MR) is 83.5 cm³/mol. The van der Waals surface area contributed by atoms with Crippen molar-refractivity contribution in [2.24, 2.45) is 5.41 Å². The Morgan fingerprint density at radius 2 is 1.95 bits per heavy atom. The van der Waals surface area contributed by atoms with E-state index in [1.54, 1.807) is 12.1 Å². The molecule has 0 radical (unpaired) electrons. The number of benzene rings is 1. The van der Waals surface area contributed by atoms with Gasteiger partial charge < -0.3 is 5.32 Å². The molecule has 1 saturated carbocycles. The summed E-state index contributed by atoms with van der Waals surface area (Å²) in [5, 5.41) is 12.8. The highest BCUT2D eigenvalue weighted by atomic mass is 79.9. The van der Waals surface area contributed by atoms with Crippen LogP contribution in [0.5, 0.6) is 0 Å². The van der Waals surface area contributed by atoms with Crippen LogP contribution in [0, 0.1) is 16.7 Å². The van der Waals surface area contributed by atoms with Gasteiger partial charge in [0.15, 0.2) is 0 Å². The van der Waals surface area contributed by atoms with Crippen LogP contribution in [-0.2, 0) is 4.79 Å². The molecule has 1 amide bonds. The van der Waals surface area contributed by atoms with E-state index < -0.39 is 5.41 Å². The van der Waals surface area contributed by atoms with Crippen molar-refractivity contribution in [3.05, 3.63) is 27.7 Å². The number of rotatable bonds is 2. The highest BCUT2D eigenvalue weighted by Gasteiger charge is 2.39. The molecule has 1 aliphatic rings. The van der Waals surface area contributed by atoms with Crippen LogP contribution in [0.15, 0.2) is 22.7 Å². The number of hydrogen-bond donors (Lipinski definition) is 1. The third-order valence-electron chi connectivity index (χ3n) is 3.79. The van der Waals surface area contributed by atoms with Crippen LogP contribution in [0.2, 0.25) is 5.02 Å². The molecule has 2 rings (SSSR count). The Labute approximate surface area is 132 Å². The largest absolute Gasteiger partial charge is 0.323 e. The van der Waals surface area contributed by atoms with Crippen molar-refractivity contribution in [1.29, 1.82) is 5.26 Å². The molecular formula is C15H16BrClN2O. The first-order valence-corrected chi connectivity index (χ1v) is 7.92. The molecule has 1 fully saturated rings. The Kier molecular flexibility index (Phi) is 5.06. The molecule has 1 aromatic carbocycles. The van der Waals surface area contributed by atoms with E-state index in [9.17, 15) is 10.1 Å². The van der Waals surface area contributed by atoms with Gasteiger partial charge in [-0.1, -0.05) is 53.2 Å². The van der Waals surface area contributed by atoms with Crippen LogP contribution in [0.3, 0.4) is 0 Å². The number of amides is 1. The average Bonchev–Trinajstić information content (AvgIpc) is 2.68. The highest BCUT2D eigenvalue weighted by Crippen LogP contribution is 2.36. The summed E-state index contributed by atoms with van der Waals surface area (Å²) in [5.74, 6) is -0.230. The molecular weight excluding hydrogens is 340 g/mol. The van der Waals surface area contributed by atoms with Crippen molar-refractivity contribution in [2.75, 3.05) is 5.32 Å². The van der Waals surface area contributed by atoms with Gasteiger partial charge in [-0.15, -0.1) is 0 Å². The van der Waals surface area contributed by atoms with Crippen molar-refractivity contribution in [3.63, 3.8) is 0 Å². The fraction of sp³-hybridized carbons (Fsp3) is 0.467. The lowest BCUT2D eigenvalue weighted by molar-refractivity contribution is -0.123. The van der Waals surface area contributed by atoms with Crippen molar-refractivity contribution in [2.45, 2.75) is 38.5 Å². The molecule has 1 aromatic rings. The van der Waals surface area contributed by atoms with E-state index in [-0.39, 0.29) is 5.91 Å². The quantitative estimate of drug-likeness (QED) is 0.767. The molecule has 0 aliphatic heterocycles. The summed E-state index contributed by atoms with van der Waals surface area (Å²) >= 11 is 9.43. The maximum absolute atomic E-state index is 12.5. The Morgan fingerprint density at radius 3 is 2.50 bits per heavy atom. The lowest BCUT2D eigenvalue weighted by atomic mass is 9.81. The van der Waals surface area contributed by atoms with Crippen LogP contribution in [0.4, 0.5) is 5.69 Å². The zero-order valence-electron chi connectivity index (χ0n) is 11.1. The number of nitriles is 1. The predicted octanol–water partition coefficient (Wildman–Crippen LogP) is 4.91. The molecule has 0 aromatic heterocycles. The van der Waals surface area contributed by atoms with Crippen LogP contribution in [0.25, 0.3) is 0 Å². The molecule has 0 saturated heterocycles. The van der Waals surface area contributed by atoms with Gasteiger partial charge in [-0.3, -0.25) is 4.79 Å². The Bertz CT molecular complexity index is 545. The molecule has 5 heteroatoms. The van der Waals surface area contributed by atoms with Gasteiger partial charge in [-0.2, -0.15) is 5.26 Å². The van der Waals surface area contributed by atoms with Gasteiger partial charge in [0.25, 0.3) is 0 Å². The Balaban J connectivity index is 2.19. The van der Waals surface area contributed by atoms with Gasteiger partial charge >= 0.3 is 0 Å². The second-order valence-corrected chi connectivity index (χ2v) is 6.51. The summed E-state index contributed by atoms with van der Waals surface area (Å²) < 4.78 is 0.852. The summed E-state index contributed by atoms with van der Waals surface area (Å²) in [7, 11) is 0. The summed E-state index contributed by atoms with van der Waals surface area (Å²) in [5.41, 5.74) is -0.355. The lowest BCUT2D eigenvalue weighted by Gasteiger charge is -2.23. The molecule has 0 spiro atoms. The Hall–Kier alpha value is -1.05. The maximum Gasteiger partial charge on any atom is 0.244 e. The van der Waals surface area contributed by atoms with Crippen molar-refractivity contribution < 1.29 is 4.79 Å². The molecule has 0 bridgehead atoms. The summed E-state index contributed by atoms with van der Waals surface area (Å²) in [6, 6.07) is 7.52. The number of halogens is 2. The van der Waals surface area contributed by atoms with Crippen LogP contribution in [0.1, 0.15) is 38.5 Å². The topological polar surface area (TPSA) is 52.9 Å². The lowest BCUT2D eigenvalue weighted by Crippen LogP contribution is -2.34. The molecule has 1 aliphatic carbocycles. The molecule has 0 heterocycles. The first-order valence-electron chi connectivity index (χ1n) is 6.75. The average molecular weight is 356 g/mol. The number of hydrogen-bond acceptors (Lipinski definition) is 2. The summed E-state index contributed by atoms with van der Waals surface area (Å²) in [6.45, 7) is 0. The third kappa shape index (κ3) is 3.34. The maximum atomic E-state index is 12.5. The summed E-state index contributed by atoms with van der Waals surface area (Å²) in [4.78, 5) is 12.5. The molecule has 3 nitrogen and oxygen atoms in total. The van der Waals surface area contributed by atoms with E-state index in [0.717, 1.165) is 30.2 Å². The van der Waals surface area contributed by atoms with Crippen molar-refractivity contribution >= 4 is 39.1 Å². The molecule has 1 N–H and O–H groups in total. The van der Waals surface area contributed by atoms with Crippen LogP contribution >= 0.6 is 27.5 Å². The molecule has 0 unspecified atom stereocenters. The third-order valence-corrected chi connectivity index (χ3v) is 4.59. The van der Waals surface area contributed by atoms with Crippen LogP contribution < -0.4 is 5.32 Å². The Morgan fingerprint density at radius 1 is 1.30 bits per heavy atom. The van der Waals surface area contributed by atoms with Gasteiger partial charge in [-0.05, 0) is 31.0 Å². The van der Waals surface area contributed by atoms with Gasteiger partial charge in [0.05, 0.1) is 16.8 Å². The van der Waals surface area contributed by atoms with E-state index in [1.807, 2.05) is 6.07 Å². The fourth-order valence-electron chi connectivity index (χ4n) is 2.55. The monoisotopic (exact) mass is 354 g/mol. The number of anilines is 1. The minimum Gasteiger partial charge on any atom is -0.323 e. The van der Waals surface area contributed by atoms with E-state index in [1.165, 1.54) is 0 Å². The smallest absolute Gasteiger partial charge is 0.244 e. The SMILES string of the molecule is N#CC1(C(=O)Nc2ccc(Br)cc2Cl)CCCCCC1. The zero-order valence-corrected chi connectivity index (χ0v) is 13.4. The number of carbonyl (C=O) groups excluding carboxylic acids is 1. The normalized spacial score (nSPS) is 17.9. The van der Waals surface area contributed by atoms with Gasteiger partial charge in [0, 0.05) is 4.47 Å². The summed E-state index contributed by atoms with van der Waals surface area (Å²) in [6.07, 6.45) is 5.29. The molecule has 20 heavy (non-hydrogen) atoms. The van der Waals surface area contributed by atoms with E-state index in [0.29, 0.717) is 23.6 Å². The second kappa shape index (κ2) is 6.60. The number of carbonyl (C=O) groups is 1. The minimum absolute atomic E-state index is 0.230. The molecule has 106 valence electrons. The highest BCUT2D eigenvalue weighted by molar-refractivity contribution is 9.10. The van der Waals surface area contributed by atoms with Gasteiger partial charge in [-0.25, -0.2) is 0 Å². The zero-order chi connectivity index (χ0) is 14.6. The van der Waals surface area contributed by atoms with Gasteiger partial charge in [0.1, 0.15) is 5.41 Å². The first-order chi connectivity index (χ1) is 9.57. The van der Waals surface area contributed by atoms with Crippen molar-refractivity contribution in [1.82, 2.24) is 0 Å². The minimum atomic E-state index is -0.910. The van der Waals surface area contributed by atoms with E-state index >= 15 is 0 Å².